The molecule has 1 aliphatic heterocycles. The van der Waals surface area contributed by atoms with E-state index in [0.717, 1.165) is 0 Å². The molecule has 5 nitrogen and oxygen atoms in total. The van der Waals surface area contributed by atoms with Gasteiger partial charge in [0.1, 0.15) is 0 Å². The third-order valence-corrected chi connectivity index (χ3v) is 5.33. The molecule has 1 aliphatic rings. The summed E-state index contributed by atoms with van der Waals surface area (Å²) < 4.78 is 0. The number of aromatic nitrogens is 2. The third-order valence-electron chi connectivity index (χ3n) is 5.33. The number of fused-ring (bicyclic) bond motifs is 1. The van der Waals surface area contributed by atoms with Crippen LogP contribution in [0.3, 0.4) is 0 Å². The molecule has 1 saturated heterocycles. The van der Waals surface area contributed by atoms with E-state index in [-0.39, 0.29) is 22.8 Å². The molecule has 3 aromatic rings. The van der Waals surface area contributed by atoms with Gasteiger partial charge in [0.25, 0.3) is 11.5 Å². The molecule has 26 heavy (non-hydrogen) atoms. The monoisotopic (exact) mass is 347 g/mol. The normalized spacial score (nSPS) is 19.0. The van der Waals surface area contributed by atoms with Crippen molar-refractivity contribution in [3.63, 3.8) is 0 Å². The van der Waals surface area contributed by atoms with Gasteiger partial charge in [-0.1, -0.05) is 62.4 Å². The van der Waals surface area contributed by atoms with Crippen molar-refractivity contribution in [2.24, 2.45) is 5.41 Å². The maximum atomic E-state index is 13.2. The number of carbonyl (C=O) groups is 1. The smallest absolute Gasteiger partial charge is 0.274 e. The van der Waals surface area contributed by atoms with Crippen LogP contribution in [0.25, 0.3) is 10.8 Å². The van der Waals surface area contributed by atoms with Crippen LogP contribution in [0, 0.1) is 5.41 Å². The number of nitrogens with one attached hydrogen (secondary N) is 1. The fraction of sp³-hybridized carbons (Fsp3) is 0.286. The minimum Gasteiger partial charge on any atom is -0.336 e. The van der Waals surface area contributed by atoms with Crippen LogP contribution in [0.1, 0.15) is 35.8 Å². The van der Waals surface area contributed by atoms with E-state index in [1.807, 2.05) is 29.2 Å². The molecule has 5 heteroatoms. The molecule has 1 atom stereocenters. The summed E-state index contributed by atoms with van der Waals surface area (Å²) in [5, 5.41) is 7.61. The zero-order chi connectivity index (χ0) is 18.3. The van der Waals surface area contributed by atoms with Gasteiger partial charge in [-0.2, -0.15) is 5.10 Å². The molecule has 1 N–H and O–H groups in total. The quantitative estimate of drug-likeness (QED) is 0.774. The first-order valence-corrected chi connectivity index (χ1v) is 8.79. The minimum atomic E-state index is -0.277. The number of nitrogens with zero attached hydrogens (tertiary/aromatic N) is 2. The minimum absolute atomic E-state index is 0.0327. The fourth-order valence-corrected chi connectivity index (χ4v) is 3.96. The Balaban J connectivity index is 1.70. The van der Waals surface area contributed by atoms with Crippen molar-refractivity contribution >= 4 is 16.7 Å². The van der Waals surface area contributed by atoms with E-state index in [9.17, 15) is 9.59 Å². The lowest BCUT2D eigenvalue weighted by atomic mass is 9.78. The van der Waals surface area contributed by atoms with Crippen LogP contribution in [-0.4, -0.2) is 34.1 Å². The molecule has 0 unspecified atom stereocenters. The number of aromatic amines is 1. The summed E-state index contributed by atoms with van der Waals surface area (Å²) in [5.41, 5.74) is 1.24. The van der Waals surface area contributed by atoms with Gasteiger partial charge in [0.2, 0.25) is 0 Å². The third kappa shape index (κ3) is 2.69. The zero-order valence-corrected chi connectivity index (χ0v) is 14.9. The predicted molar refractivity (Wildman–Crippen MR) is 101 cm³/mol. The van der Waals surface area contributed by atoms with Crippen LogP contribution >= 0.6 is 0 Å². The lowest BCUT2D eigenvalue weighted by molar-refractivity contribution is 0.0773. The van der Waals surface area contributed by atoms with Crippen molar-refractivity contribution in [3.05, 3.63) is 76.2 Å². The van der Waals surface area contributed by atoms with E-state index in [0.29, 0.717) is 29.6 Å². The molecule has 0 aliphatic carbocycles. The highest BCUT2D eigenvalue weighted by Crippen LogP contribution is 2.42. The predicted octanol–water partition coefficient (Wildman–Crippen LogP) is 3.19. The second-order valence-corrected chi connectivity index (χ2v) is 7.58. The van der Waals surface area contributed by atoms with E-state index >= 15 is 0 Å². The first-order chi connectivity index (χ1) is 12.5. The molecule has 132 valence electrons. The van der Waals surface area contributed by atoms with Crippen molar-refractivity contribution in [1.29, 1.82) is 0 Å². The zero-order valence-electron chi connectivity index (χ0n) is 14.9. The van der Waals surface area contributed by atoms with Gasteiger partial charge >= 0.3 is 0 Å². The number of hydrogen-bond donors (Lipinski definition) is 1. The lowest BCUT2D eigenvalue weighted by Gasteiger charge is -2.25. The molecule has 2 heterocycles. The van der Waals surface area contributed by atoms with Crippen LogP contribution in [0.5, 0.6) is 0 Å². The molecule has 4 rings (SSSR count). The van der Waals surface area contributed by atoms with Crippen LogP contribution in [0.4, 0.5) is 0 Å². The highest BCUT2D eigenvalue weighted by Gasteiger charge is 2.42. The Hall–Kier alpha value is -2.95. The molecule has 0 saturated carbocycles. The van der Waals surface area contributed by atoms with Crippen molar-refractivity contribution in [2.75, 3.05) is 13.1 Å². The van der Waals surface area contributed by atoms with E-state index in [1.54, 1.807) is 18.2 Å². The maximum Gasteiger partial charge on any atom is 0.274 e. The van der Waals surface area contributed by atoms with Crippen molar-refractivity contribution < 1.29 is 4.79 Å². The van der Waals surface area contributed by atoms with Crippen molar-refractivity contribution in [2.45, 2.75) is 19.8 Å². The number of benzene rings is 2. The molecule has 0 bridgehead atoms. The fourth-order valence-electron chi connectivity index (χ4n) is 3.96. The Morgan fingerprint density at radius 1 is 1.08 bits per heavy atom. The summed E-state index contributed by atoms with van der Waals surface area (Å²) in [6, 6.07) is 17.4. The highest BCUT2D eigenvalue weighted by molar-refractivity contribution is 6.04. The standard InChI is InChI=1S/C21H21N3O2/c1-21(2)13-24(12-17(21)14-8-4-3-5-9-14)20(26)18-15-10-6-7-11-16(15)19(25)23-22-18/h3-11,17H,12-13H2,1-2H3,(H,23,25)/t17-/m0/s1. The van der Waals surface area contributed by atoms with E-state index in [1.165, 1.54) is 5.56 Å². The summed E-state index contributed by atoms with van der Waals surface area (Å²) in [5.74, 6) is 0.130. The molecule has 1 amide bonds. The largest absolute Gasteiger partial charge is 0.336 e. The van der Waals surface area contributed by atoms with Crippen LogP contribution < -0.4 is 5.56 Å². The van der Waals surface area contributed by atoms with Crippen LogP contribution in [0.15, 0.2) is 59.4 Å². The molecule has 1 aromatic heterocycles. The number of rotatable bonds is 2. The van der Waals surface area contributed by atoms with Gasteiger partial charge in [0, 0.05) is 24.4 Å². The lowest BCUT2D eigenvalue weighted by Crippen LogP contribution is -2.32. The Bertz CT molecular complexity index is 1020. The Morgan fingerprint density at radius 3 is 2.46 bits per heavy atom. The molecule has 1 fully saturated rings. The maximum absolute atomic E-state index is 13.2. The average Bonchev–Trinajstić information content (AvgIpc) is 2.98. The highest BCUT2D eigenvalue weighted by atomic mass is 16.2. The average molecular weight is 347 g/mol. The summed E-state index contributed by atoms with van der Waals surface area (Å²) in [7, 11) is 0. The van der Waals surface area contributed by atoms with Crippen LogP contribution in [0.2, 0.25) is 0 Å². The van der Waals surface area contributed by atoms with Crippen molar-refractivity contribution in [3.8, 4) is 0 Å². The number of carbonyl (C=O) groups excluding carboxylic acids is 1. The van der Waals surface area contributed by atoms with Gasteiger partial charge in [-0.05, 0) is 17.0 Å². The van der Waals surface area contributed by atoms with Gasteiger partial charge in [0.05, 0.1) is 5.39 Å². The number of hydrogen-bond acceptors (Lipinski definition) is 3. The van der Waals surface area contributed by atoms with E-state index in [2.05, 4.69) is 36.2 Å². The number of likely N-dealkylation sites (tertiary alicyclic amines) is 1. The SMILES string of the molecule is CC1(C)CN(C(=O)c2n[nH]c(=O)c3ccccc23)C[C@H]1c1ccccc1. The molecular weight excluding hydrogens is 326 g/mol. The van der Waals surface area contributed by atoms with Crippen molar-refractivity contribution in [1.82, 2.24) is 15.1 Å². The Morgan fingerprint density at radius 2 is 1.73 bits per heavy atom. The Kier molecular flexibility index (Phi) is 3.87. The van der Waals surface area contributed by atoms with Gasteiger partial charge in [-0.3, -0.25) is 9.59 Å². The molecular formula is C21H21N3O2. The van der Waals surface area contributed by atoms with Gasteiger partial charge < -0.3 is 4.90 Å². The first-order valence-electron chi connectivity index (χ1n) is 8.79. The molecule has 2 aromatic carbocycles. The number of H-pyrrole nitrogens is 1. The summed E-state index contributed by atoms with van der Waals surface area (Å²) in [6.07, 6.45) is 0. The van der Waals surface area contributed by atoms with E-state index < -0.39 is 0 Å². The van der Waals surface area contributed by atoms with E-state index in [4.69, 9.17) is 0 Å². The van der Waals surface area contributed by atoms with Gasteiger partial charge in [-0.25, -0.2) is 5.10 Å². The number of amides is 1. The first kappa shape index (κ1) is 16.5. The summed E-state index contributed by atoms with van der Waals surface area (Å²) >= 11 is 0. The second kappa shape index (κ2) is 6.09. The summed E-state index contributed by atoms with van der Waals surface area (Å²) in [4.78, 5) is 27.0. The Labute approximate surface area is 151 Å². The van der Waals surface area contributed by atoms with Gasteiger partial charge in [-0.15, -0.1) is 0 Å². The van der Waals surface area contributed by atoms with Gasteiger partial charge in [0.15, 0.2) is 5.69 Å². The van der Waals surface area contributed by atoms with Crippen LogP contribution in [-0.2, 0) is 0 Å². The summed E-state index contributed by atoms with van der Waals surface area (Å²) in [6.45, 7) is 5.68. The topological polar surface area (TPSA) is 66.1 Å². The molecule has 0 radical (unpaired) electrons. The second-order valence-electron chi connectivity index (χ2n) is 7.58. The molecule has 0 spiro atoms.